The molecule has 8 aromatic rings. The highest BCUT2D eigenvalue weighted by atomic mass is 19.4. The van der Waals surface area contributed by atoms with Crippen LogP contribution in [0.15, 0.2) is 194 Å². The lowest BCUT2D eigenvalue weighted by atomic mass is 9.73. The molecule has 0 saturated carbocycles. The summed E-state index contributed by atoms with van der Waals surface area (Å²) in [6.07, 6.45) is -17.0. The molecule has 0 aromatic heterocycles. The molecule has 3 amide bonds. The van der Waals surface area contributed by atoms with Crippen LogP contribution in [0.5, 0.6) is 0 Å². The summed E-state index contributed by atoms with van der Waals surface area (Å²) in [4.78, 5) is 49.0. The number of carbonyl (C=O) groups excluding carboxylic acids is 3. The van der Waals surface area contributed by atoms with Gasteiger partial charge in [-0.25, -0.2) is 0 Å². The van der Waals surface area contributed by atoms with Gasteiger partial charge in [0.05, 0.1) is 11.1 Å². The maximum atomic E-state index is 14.8. The van der Waals surface area contributed by atoms with Crippen LogP contribution in [0, 0.1) is 0 Å². The minimum atomic E-state index is -4.76. The number of fused-ring (bicyclic) bond motifs is 6. The van der Waals surface area contributed by atoms with Gasteiger partial charge in [0.15, 0.2) is 0 Å². The van der Waals surface area contributed by atoms with Crippen molar-refractivity contribution < 1.29 is 72.2 Å². The van der Waals surface area contributed by atoms with Gasteiger partial charge in [-0.2, -0.15) is 52.7 Å². The van der Waals surface area contributed by atoms with Crippen molar-refractivity contribution in [3.05, 3.63) is 239 Å². The first-order valence-electron chi connectivity index (χ1n) is 33.6. The van der Waals surface area contributed by atoms with Crippen LogP contribution in [0.4, 0.5) is 52.7 Å². The molecule has 1 aliphatic heterocycles. The minimum Gasteiger partial charge on any atom is -0.374 e. The van der Waals surface area contributed by atoms with Crippen LogP contribution in [0.1, 0.15) is 113 Å². The Bertz CT molecular complexity index is 4090. The van der Waals surface area contributed by atoms with E-state index in [1.165, 1.54) is 60.7 Å². The summed E-state index contributed by atoms with van der Waals surface area (Å²) in [6.45, 7) is -0.494. The number of hydrogen-bond donors (Lipinski definition) is 4. The largest absolute Gasteiger partial charge is 0.417 e. The van der Waals surface area contributed by atoms with E-state index in [4.69, 9.17) is 0 Å². The van der Waals surface area contributed by atoms with Gasteiger partial charge in [0.2, 0.25) is 11.8 Å². The molecule has 0 radical (unpaired) electrons. The Hall–Kier alpha value is -8.83. The Morgan fingerprint density at radius 2 is 0.830 bits per heavy atom. The SMILES string of the molecule is O=C(NCCCN(CCCCC1(C(=O)NCC(F)(F)F)c2ccccc2-c2ccccc21)CCN(C1CCN(CCCCC2(C(=O)NCC(F)(F)F)c3ccccc3-c3ccccc32)CC1)C(O)c1ccccc1-c1ccccc1C(F)(F)F)c1ccccc1-c1ccccc1C(F)(F)F. The molecule has 2 aliphatic carbocycles. The van der Waals surface area contributed by atoms with Crippen LogP contribution in [0.2, 0.25) is 0 Å². The molecule has 1 atom stereocenters. The average Bonchev–Trinajstić information content (AvgIpc) is 1.56. The maximum absolute atomic E-state index is 14.8. The number of halogens is 12. The van der Waals surface area contributed by atoms with E-state index in [0.29, 0.717) is 98.1 Å². The second kappa shape index (κ2) is 30.6. The molecule has 1 fully saturated rings. The summed E-state index contributed by atoms with van der Waals surface area (Å²) in [7, 11) is 0. The van der Waals surface area contributed by atoms with Gasteiger partial charge >= 0.3 is 24.7 Å². The zero-order valence-corrected chi connectivity index (χ0v) is 54.6. The van der Waals surface area contributed by atoms with Crippen molar-refractivity contribution in [1.29, 1.82) is 0 Å². The summed E-state index contributed by atoms with van der Waals surface area (Å²) in [5, 5.41) is 20.2. The van der Waals surface area contributed by atoms with Crippen molar-refractivity contribution in [3.63, 3.8) is 0 Å². The number of amides is 3. The van der Waals surface area contributed by atoms with Gasteiger partial charge in [-0.05, 0) is 163 Å². The first-order chi connectivity index (χ1) is 47.8. The van der Waals surface area contributed by atoms with Crippen LogP contribution in [-0.4, -0.2) is 121 Å². The van der Waals surface area contributed by atoms with Crippen molar-refractivity contribution in [2.75, 3.05) is 65.4 Å². The van der Waals surface area contributed by atoms with E-state index in [-0.39, 0.29) is 84.9 Å². The standard InChI is InChI=1S/C78H76F12N6O4/c79-75(80,81)50-92-71(99)73(63-32-11-5-26-57(63)58-27-6-12-33-64(58)73)40-17-19-43-94(45-21-42-91-69(97)61-30-3-1-22-53(61)55-24-9-15-36-67(55)77(85,86)87)48-49-96(70(98)62-31-4-2-23-54(62)56-25-10-16-37-68(56)78(88,89)90)52-38-46-95(47-39-52)44-20-18-41-74(72(100)93-51-76(82,83)84)65-34-13-7-28-59(65)60-29-8-14-35-66(60)74/h1-16,22-37,52,70,98H,17-21,38-51H2,(H,91,97)(H,92,99)(H,93,100). The number of benzene rings is 8. The Morgan fingerprint density at radius 3 is 1.30 bits per heavy atom. The Kier molecular flexibility index (Phi) is 22.1. The molecule has 8 aromatic carbocycles. The molecule has 22 heteroatoms. The Morgan fingerprint density at radius 1 is 0.440 bits per heavy atom. The number of nitrogens with one attached hydrogen (secondary N) is 3. The molecule has 100 heavy (non-hydrogen) atoms. The number of aliphatic hydroxyl groups is 1. The van der Waals surface area contributed by atoms with Crippen molar-refractivity contribution in [3.8, 4) is 44.5 Å². The quantitative estimate of drug-likeness (QED) is 0.0230. The molecule has 11 rings (SSSR count). The Balaban J connectivity index is 0.850. The maximum Gasteiger partial charge on any atom is 0.417 e. The van der Waals surface area contributed by atoms with Crippen LogP contribution >= 0.6 is 0 Å². The summed E-state index contributed by atoms with van der Waals surface area (Å²) in [6, 6.07) is 50.7. The number of rotatable bonds is 27. The zero-order valence-electron chi connectivity index (χ0n) is 54.6. The van der Waals surface area contributed by atoms with Gasteiger partial charge in [-0.15, -0.1) is 0 Å². The van der Waals surface area contributed by atoms with E-state index in [9.17, 15) is 72.2 Å². The van der Waals surface area contributed by atoms with E-state index in [1.807, 2.05) is 41.3 Å². The fourth-order valence-corrected chi connectivity index (χ4v) is 15.2. The van der Waals surface area contributed by atoms with E-state index in [1.54, 1.807) is 84.9 Å². The van der Waals surface area contributed by atoms with Gasteiger partial charge < -0.3 is 30.9 Å². The second-order valence-corrected chi connectivity index (χ2v) is 25.9. The van der Waals surface area contributed by atoms with Gasteiger partial charge in [-0.3, -0.25) is 19.3 Å². The summed E-state index contributed by atoms with van der Waals surface area (Å²) in [5.74, 6) is -2.18. The van der Waals surface area contributed by atoms with Crippen molar-refractivity contribution in [2.24, 2.45) is 0 Å². The molecule has 1 unspecified atom stereocenters. The highest BCUT2D eigenvalue weighted by Crippen LogP contribution is 2.54. The highest BCUT2D eigenvalue weighted by Gasteiger charge is 2.51. The lowest BCUT2D eigenvalue weighted by Gasteiger charge is -2.42. The highest BCUT2D eigenvalue weighted by molar-refractivity contribution is 6.03. The third-order valence-corrected chi connectivity index (χ3v) is 19.8. The number of carbonyl (C=O) groups is 3. The predicted octanol–water partition coefficient (Wildman–Crippen LogP) is 16.6. The van der Waals surface area contributed by atoms with Gasteiger partial charge in [0, 0.05) is 36.8 Å². The van der Waals surface area contributed by atoms with E-state index >= 15 is 0 Å². The molecule has 526 valence electrons. The molecule has 3 aliphatic rings. The van der Waals surface area contributed by atoms with Gasteiger partial charge in [0.25, 0.3) is 5.91 Å². The van der Waals surface area contributed by atoms with Gasteiger partial charge in [0.1, 0.15) is 30.1 Å². The third-order valence-electron chi connectivity index (χ3n) is 19.8. The van der Waals surface area contributed by atoms with E-state index in [2.05, 4.69) is 25.8 Å². The predicted molar refractivity (Wildman–Crippen MR) is 359 cm³/mol. The Labute approximate surface area is 572 Å². The first-order valence-corrected chi connectivity index (χ1v) is 33.6. The molecular formula is C78H76F12N6O4. The number of alkyl halides is 12. The normalized spacial score (nSPS) is 15.4. The summed E-state index contributed by atoms with van der Waals surface area (Å²) >= 11 is 0. The molecular weight excluding hydrogens is 1310 g/mol. The molecule has 0 bridgehead atoms. The molecule has 10 nitrogen and oxygen atoms in total. The molecule has 4 N–H and O–H groups in total. The van der Waals surface area contributed by atoms with E-state index in [0.717, 1.165) is 23.3 Å². The fourth-order valence-electron chi connectivity index (χ4n) is 15.2. The second-order valence-electron chi connectivity index (χ2n) is 25.9. The lowest BCUT2D eigenvalue weighted by molar-refractivity contribution is -0.141. The van der Waals surface area contributed by atoms with Crippen molar-refractivity contribution in [2.45, 2.75) is 106 Å². The first kappa shape index (κ1) is 72.4. The number of aliphatic hydroxyl groups excluding tert-OH is 1. The summed E-state index contributed by atoms with van der Waals surface area (Å²) < 4.78 is 170. The zero-order chi connectivity index (χ0) is 71.0. The van der Waals surface area contributed by atoms with Crippen molar-refractivity contribution >= 4 is 17.7 Å². The molecule has 0 spiro atoms. The van der Waals surface area contributed by atoms with Crippen molar-refractivity contribution in [1.82, 2.24) is 30.7 Å². The van der Waals surface area contributed by atoms with Crippen LogP contribution in [0.3, 0.4) is 0 Å². The number of nitrogens with zero attached hydrogens (tertiary/aromatic N) is 3. The van der Waals surface area contributed by atoms with Crippen LogP contribution in [-0.2, 0) is 32.8 Å². The van der Waals surface area contributed by atoms with Gasteiger partial charge in [-0.1, -0.05) is 189 Å². The minimum absolute atomic E-state index is 0.00950. The lowest BCUT2D eigenvalue weighted by Crippen LogP contribution is -2.49. The fraction of sp³-hybridized carbons (Fsp3) is 0.346. The number of piperidine rings is 1. The molecule has 1 saturated heterocycles. The monoisotopic (exact) mass is 1390 g/mol. The van der Waals surface area contributed by atoms with Crippen LogP contribution < -0.4 is 16.0 Å². The van der Waals surface area contributed by atoms with E-state index < -0.39 is 83.7 Å². The average molecular weight is 1390 g/mol. The number of likely N-dealkylation sites (tertiary alicyclic amines) is 1. The number of unbranched alkanes of at least 4 members (excludes halogenated alkanes) is 2. The van der Waals surface area contributed by atoms with Crippen LogP contribution in [0.25, 0.3) is 44.5 Å². The molecule has 1 heterocycles. The summed E-state index contributed by atoms with van der Waals surface area (Å²) in [5.41, 5.74) is 0.743. The number of hydrogen-bond acceptors (Lipinski definition) is 7. The topological polar surface area (TPSA) is 117 Å². The smallest absolute Gasteiger partial charge is 0.374 e. The third kappa shape index (κ3) is 15.8.